The number of ether oxygens (including phenoxy) is 3. The molecule has 190 valence electrons. The van der Waals surface area contributed by atoms with Crippen molar-refractivity contribution in [1.29, 1.82) is 0 Å². The molecular formula is C29H29F3O4. The fourth-order valence-electron chi connectivity index (χ4n) is 4.65. The Hall–Kier alpha value is -3.32. The van der Waals surface area contributed by atoms with E-state index in [0.717, 1.165) is 5.56 Å². The van der Waals surface area contributed by atoms with Gasteiger partial charge in [-0.2, -0.15) is 4.39 Å². The molecule has 3 aromatic rings. The first-order valence-corrected chi connectivity index (χ1v) is 12.1. The Balaban J connectivity index is 1.37. The maximum atomic E-state index is 14.8. The molecule has 0 aliphatic heterocycles. The minimum absolute atomic E-state index is 0.00634. The normalized spacial score (nSPS) is 17.6. The maximum Gasteiger partial charge on any atom is 0.314 e. The molecule has 0 atom stereocenters. The molecule has 4 rings (SSSR count). The quantitative estimate of drug-likeness (QED) is 0.243. The molecule has 0 aromatic heterocycles. The van der Waals surface area contributed by atoms with Crippen LogP contribution in [0.25, 0.3) is 11.1 Å². The van der Waals surface area contributed by atoms with Crippen LogP contribution in [-0.2, 0) is 16.1 Å². The topological polar surface area (TPSA) is 44.8 Å². The molecule has 0 spiro atoms. The highest BCUT2D eigenvalue weighted by molar-refractivity contribution is 5.76. The number of methoxy groups -OCH3 is 1. The van der Waals surface area contributed by atoms with Crippen molar-refractivity contribution in [2.75, 3.05) is 13.7 Å². The van der Waals surface area contributed by atoms with Crippen molar-refractivity contribution in [2.24, 2.45) is 5.92 Å². The van der Waals surface area contributed by atoms with Gasteiger partial charge in [0.2, 0.25) is 5.82 Å². The van der Waals surface area contributed by atoms with Gasteiger partial charge in [-0.25, -0.2) is 8.78 Å². The molecular weight excluding hydrogens is 469 g/mol. The fourth-order valence-corrected chi connectivity index (χ4v) is 4.65. The van der Waals surface area contributed by atoms with Crippen LogP contribution in [0.2, 0.25) is 0 Å². The van der Waals surface area contributed by atoms with Crippen LogP contribution in [0.3, 0.4) is 0 Å². The van der Waals surface area contributed by atoms with Gasteiger partial charge >= 0.3 is 5.97 Å². The Bertz CT molecular complexity index is 1200. The van der Waals surface area contributed by atoms with E-state index in [1.165, 1.54) is 25.3 Å². The standard InChI is InChI=1S/C29H29F3O4/c1-3-35-17-18-4-13-23(25(30)16-18)19-5-7-21(8-6-19)29(33)36-26-15-14-24(27(31)28(26)32)20-9-11-22(34-2)12-10-20/h4,9-16,19,21H,3,5-8,17H2,1-2H3. The summed E-state index contributed by atoms with van der Waals surface area (Å²) in [5.74, 6) is -3.46. The third-order valence-corrected chi connectivity index (χ3v) is 6.70. The Kier molecular flexibility index (Phi) is 8.31. The van der Waals surface area contributed by atoms with Crippen LogP contribution < -0.4 is 9.47 Å². The van der Waals surface area contributed by atoms with E-state index in [1.807, 2.05) is 13.0 Å². The van der Waals surface area contributed by atoms with Crippen LogP contribution >= 0.6 is 0 Å². The van der Waals surface area contributed by atoms with E-state index in [-0.39, 0.29) is 17.3 Å². The van der Waals surface area contributed by atoms with Gasteiger partial charge in [-0.1, -0.05) is 24.3 Å². The van der Waals surface area contributed by atoms with E-state index in [0.29, 0.717) is 55.8 Å². The van der Waals surface area contributed by atoms with E-state index >= 15 is 0 Å². The van der Waals surface area contributed by atoms with Crippen molar-refractivity contribution in [3.63, 3.8) is 0 Å². The monoisotopic (exact) mass is 498 g/mol. The molecule has 0 unspecified atom stereocenters. The predicted molar refractivity (Wildman–Crippen MR) is 130 cm³/mol. The van der Waals surface area contributed by atoms with Gasteiger partial charge in [-0.05, 0) is 85.5 Å². The molecule has 1 fully saturated rings. The molecule has 0 bridgehead atoms. The summed E-state index contributed by atoms with van der Waals surface area (Å²) < 4.78 is 59.8. The van der Waals surface area contributed by atoms with Gasteiger partial charge in [0, 0.05) is 12.2 Å². The number of esters is 1. The summed E-state index contributed by atoms with van der Waals surface area (Å²) in [5.41, 5.74) is 1.94. The predicted octanol–water partition coefficient (Wildman–Crippen LogP) is 7.20. The van der Waals surface area contributed by atoms with Gasteiger partial charge in [-0.3, -0.25) is 4.79 Å². The molecule has 0 radical (unpaired) electrons. The van der Waals surface area contributed by atoms with Gasteiger partial charge in [0.25, 0.3) is 0 Å². The number of carbonyl (C=O) groups excluding carboxylic acids is 1. The maximum absolute atomic E-state index is 14.8. The van der Waals surface area contributed by atoms with Crippen molar-refractivity contribution in [1.82, 2.24) is 0 Å². The van der Waals surface area contributed by atoms with Crippen molar-refractivity contribution in [2.45, 2.75) is 45.1 Å². The summed E-state index contributed by atoms with van der Waals surface area (Å²) in [4.78, 5) is 12.7. The summed E-state index contributed by atoms with van der Waals surface area (Å²) in [6, 6.07) is 14.3. The van der Waals surface area contributed by atoms with Crippen molar-refractivity contribution >= 4 is 5.97 Å². The molecule has 1 aliphatic rings. The lowest BCUT2D eigenvalue weighted by Crippen LogP contribution is -2.25. The molecule has 4 nitrogen and oxygen atoms in total. The van der Waals surface area contributed by atoms with Crippen LogP contribution in [0, 0.1) is 23.4 Å². The van der Waals surface area contributed by atoms with Crippen molar-refractivity contribution in [3.05, 3.63) is 83.2 Å². The highest BCUT2D eigenvalue weighted by Crippen LogP contribution is 2.38. The first-order valence-electron chi connectivity index (χ1n) is 12.1. The molecule has 36 heavy (non-hydrogen) atoms. The van der Waals surface area contributed by atoms with E-state index in [2.05, 4.69) is 0 Å². The zero-order valence-electron chi connectivity index (χ0n) is 20.4. The minimum Gasteiger partial charge on any atom is -0.497 e. The Morgan fingerprint density at radius 2 is 1.64 bits per heavy atom. The second-order valence-corrected chi connectivity index (χ2v) is 8.93. The van der Waals surface area contributed by atoms with Gasteiger partial charge in [-0.15, -0.1) is 0 Å². The van der Waals surface area contributed by atoms with E-state index < -0.39 is 29.3 Å². The number of hydrogen-bond acceptors (Lipinski definition) is 4. The van der Waals surface area contributed by atoms with E-state index in [1.54, 1.807) is 30.3 Å². The molecule has 0 saturated heterocycles. The van der Waals surface area contributed by atoms with E-state index in [9.17, 15) is 18.0 Å². The van der Waals surface area contributed by atoms with Gasteiger partial charge in [0.05, 0.1) is 19.6 Å². The number of rotatable bonds is 8. The zero-order chi connectivity index (χ0) is 25.7. The Labute approximate surface area is 209 Å². The summed E-state index contributed by atoms with van der Waals surface area (Å²) >= 11 is 0. The number of halogens is 3. The number of hydrogen-bond donors (Lipinski definition) is 0. The molecule has 1 saturated carbocycles. The number of benzene rings is 3. The van der Waals surface area contributed by atoms with Gasteiger partial charge < -0.3 is 14.2 Å². The van der Waals surface area contributed by atoms with Crippen LogP contribution in [0.4, 0.5) is 13.2 Å². The average Bonchev–Trinajstić information content (AvgIpc) is 2.90. The minimum atomic E-state index is -1.21. The summed E-state index contributed by atoms with van der Waals surface area (Å²) in [6.45, 7) is 2.81. The van der Waals surface area contributed by atoms with Crippen LogP contribution in [0.1, 0.15) is 49.7 Å². The van der Waals surface area contributed by atoms with Crippen molar-refractivity contribution < 1.29 is 32.2 Å². The zero-order valence-corrected chi connectivity index (χ0v) is 20.4. The first kappa shape index (κ1) is 25.8. The summed E-state index contributed by atoms with van der Waals surface area (Å²) in [7, 11) is 1.52. The van der Waals surface area contributed by atoms with Crippen LogP contribution in [-0.4, -0.2) is 19.7 Å². The lowest BCUT2D eigenvalue weighted by atomic mass is 9.78. The van der Waals surface area contributed by atoms with Crippen molar-refractivity contribution in [3.8, 4) is 22.6 Å². The Morgan fingerprint density at radius 1 is 0.917 bits per heavy atom. The molecule has 3 aromatic carbocycles. The lowest BCUT2D eigenvalue weighted by molar-refractivity contribution is -0.140. The second-order valence-electron chi connectivity index (χ2n) is 8.93. The third kappa shape index (κ3) is 5.73. The number of carbonyl (C=O) groups is 1. The molecule has 0 N–H and O–H groups in total. The lowest BCUT2D eigenvalue weighted by Gasteiger charge is -2.28. The summed E-state index contributed by atoms with van der Waals surface area (Å²) in [6.07, 6.45) is 2.18. The summed E-state index contributed by atoms with van der Waals surface area (Å²) in [5, 5.41) is 0. The molecule has 7 heteroatoms. The fraction of sp³-hybridized carbons (Fsp3) is 0.345. The Morgan fingerprint density at radius 3 is 2.28 bits per heavy atom. The largest absolute Gasteiger partial charge is 0.497 e. The highest BCUT2D eigenvalue weighted by Gasteiger charge is 2.30. The van der Waals surface area contributed by atoms with E-state index in [4.69, 9.17) is 14.2 Å². The molecule has 1 aliphatic carbocycles. The van der Waals surface area contributed by atoms with Crippen LogP contribution in [0.15, 0.2) is 54.6 Å². The average molecular weight is 499 g/mol. The smallest absolute Gasteiger partial charge is 0.314 e. The SMILES string of the molecule is CCOCc1ccc(C2CCC(C(=O)Oc3ccc(-c4ccc(OC)cc4)c(F)c3F)CC2)c(F)c1. The second kappa shape index (κ2) is 11.6. The van der Waals surface area contributed by atoms with Crippen LogP contribution in [0.5, 0.6) is 11.5 Å². The van der Waals surface area contributed by atoms with Gasteiger partial charge in [0.1, 0.15) is 11.6 Å². The highest BCUT2D eigenvalue weighted by atomic mass is 19.2. The van der Waals surface area contributed by atoms with Gasteiger partial charge in [0.15, 0.2) is 11.6 Å². The molecule has 0 amide bonds. The molecule has 0 heterocycles. The third-order valence-electron chi connectivity index (χ3n) is 6.70. The first-order chi connectivity index (χ1) is 17.4.